The van der Waals surface area contributed by atoms with Crippen LogP contribution in [0, 0.1) is 5.92 Å². The summed E-state index contributed by atoms with van der Waals surface area (Å²) < 4.78 is 10.7. The Labute approximate surface area is 101 Å². The van der Waals surface area contributed by atoms with E-state index in [9.17, 15) is 0 Å². The average Bonchev–Trinajstić information content (AvgIpc) is 3.02. The van der Waals surface area contributed by atoms with Crippen LogP contribution >= 0.6 is 0 Å². The first-order chi connectivity index (χ1) is 8.42. The van der Waals surface area contributed by atoms with E-state index in [1.807, 2.05) is 0 Å². The van der Waals surface area contributed by atoms with Gasteiger partial charge in [-0.1, -0.05) is 5.16 Å². The molecule has 0 amide bonds. The van der Waals surface area contributed by atoms with Gasteiger partial charge in [0.15, 0.2) is 5.82 Å². The molecule has 0 aliphatic carbocycles. The van der Waals surface area contributed by atoms with Gasteiger partial charge in [0.1, 0.15) is 0 Å². The smallest absolute Gasteiger partial charge is 0.231 e. The third-order valence-electron chi connectivity index (χ3n) is 3.63. The lowest BCUT2D eigenvalue weighted by Crippen LogP contribution is -2.28. The van der Waals surface area contributed by atoms with Crippen LogP contribution in [-0.2, 0) is 11.2 Å². The summed E-state index contributed by atoms with van der Waals surface area (Å²) in [5.41, 5.74) is 0. The first-order valence-corrected chi connectivity index (χ1v) is 6.53. The van der Waals surface area contributed by atoms with Crippen LogP contribution in [-0.4, -0.2) is 36.4 Å². The minimum atomic E-state index is 0.407. The minimum Gasteiger partial charge on any atom is -0.381 e. The molecule has 17 heavy (non-hydrogen) atoms. The summed E-state index contributed by atoms with van der Waals surface area (Å²) in [7, 11) is 0. The van der Waals surface area contributed by atoms with Crippen molar-refractivity contribution in [1.82, 2.24) is 15.5 Å². The van der Waals surface area contributed by atoms with E-state index in [0.717, 1.165) is 57.3 Å². The number of piperidine rings is 1. The monoisotopic (exact) mass is 237 g/mol. The highest BCUT2D eigenvalue weighted by atomic mass is 16.5. The van der Waals surface area contributed by atoms with Gasteiger partial charge in [-0.2, -0.15) is 4.98 Å². The zero-order valence-corrected chi connectivity index (χ0v) is 10.0. The lowest BCUT2D eigenvalue weighted by molar-refractivity contribution is 0.185. The molecule has 5 heteroatoms. The van der Waals surface area contributed by atoms with E-state index in [0.29, 0.717) is 11.8 Å². The molecule has 2 atom stereocenters. The van der Waals surface area contributed by atoms with Gasteiger partial charge >= 0.3 is 0 Å². The fourth-order valence-corrected chi connectivity index (χ4v) is 2.58. The van der Waals surface area contributed by atoms with Gasteiger partial charge in [-0.15, -0.1) is 0 Å². The Balaban J connectivity index is 1.60. The SMILES string of the molecule is C1CNC[C@@H](c2nc(CC3CCOC3)no2)C1. The number of hydrogen-bond donors (Lipinski definition) is 1. The summed E-state index contributed by atoms with van der Waals surface area (Å²) in [5, 5.41) is 7.45. The molecule has 2 aliphatic heterocycles. The zero-order chi connectivity index (χ0) is 11.5. The Kier molecular flexibility index (Phi) is 3.38. The van der Waals surface area contributed by atoms with Crippen LogP contribution in [0.5, 0.6) is 0 Å². The number of ether oxygens (including phenoxy) is 1. The maximum absolute atomic E-state index is 5.37. The molecule has 0 radical (unpaired) electrons. The van der Waals surface area contributed by atoms with Gasteiger partial charge in [0, 0.05) is 26.2 Å². The Bertz CT molecular complexity index is 354. The Morgan fingerprint density at radius 1 is 1.35 bits per heavy atom. The first-order valence-electron chi connectivity index (χ1n) is 6.53. The summed E-state index contributed by atoms with van der Waals surface area (Å²) in [5.74, 6) is 2.64. The highest BCUT2D eigenvalue weighted by Crippen LogP contribution is 2.23. The van der Waals surface area contributed by atoms with E-state index < -0.39 is 0 Å². The van der Waals surface area contributed by atoms with Crippen molar-refractivity contribution in [1.29, 1.82) is 0 Å². The van der Waals surface area contributed by atoms with Gasteiger partial charge in [0.2, 0.25) is 5.89 Å². The van der Waals surface area contributed by atoms with Crippen LogP contribution in [0.1, 0.15) is 36.9 Å². The normalized spacial score (nSPS) is 29.6. The van der Waals surface area contributed by atoms with Crippen LogP contribution in [0.2, 0.25) is 0 Å². The van der Waals surface area contributed by atoms with Crippen LogP contribution < -0.4 is 5.32 Å². The van der Waals surface area contributed by atoms with Crippen LogP contribution in [0.4, 0.5) is 0 Å². The van der Waals surface area contributed by atoms with E-state index in [-0.39, 0.29) is 0 Å². The van der Waals surface area contributed by atoms with E-state index in [2.05, 4.69) is 15.5 Å². The maximum atomic E-state index is 5.37. The van der Waals surface area contributed by atoms with Gasteiger partial charge in [0.05, 0.1) is 5.92 Å². The highest BCUT2D eigenvalue weighted by molar-refractivity contribution is 4.97. The van der Waals surface area contributed by atoms with Crippen molar-refractivity contribution >= 4 is 0 Å². The lowest BCUT2D eigenvalue weighted by atomic mass is 10.00. The van der Waals surface area contributed by atoms with Gasteiger partial charge in [0.25, 0.3) is 0 Å². The van der Waals surface area contributed by atoms with Crippen LogP contribution in [0.25, 0.3) is 0 Å². The molecule has 1 unspecified atom stereocenters. The molecular weight excluding hydrogens is 218 g/mol. The molecule has 94 valence electrons. The molecule has 0 spiro atoms. The molecule has 1 aromatic heterocycles. The average molecular weight is 237 g/mol. The number of rotatable bonds is 3. The van der Waals surface area contributed by atoms with E-state index in [1.54, 1.807) is 0 Å². The first kappa shape index (κ1) is 11.2. The Morgan fingerprint density at radius 3 is 3.12 bits per heavy atom. The Hall–Kier alpha value is -0.940. The molecular formula is C12H19N3O2. The minimum absolute atomic E-state index is 0.407. The quantitative estimate of drug-likeness (QED) is 0.853. The predicted octanol–water partition coefficient (Wildman–Crippen LogP) is 1.12. The second kappa shape index (κ2) is 5.14. The van der Waals surface area contributed by atoms with Crippen molar-refractivity contribution in [3.8, 4) is 0 Å². The molecule has 3 rings (SSSR count). The second-order valence-electron chi connectivity index (χ2n) is 5.03. The molecule has 5 nitrogen and oxygen atoms in total. The van der Waals surface area contributed by atoms with E-state index in [1.165, 1.54) is 6.42 Å². The molecule has 2 fully saturated rings. The summed E-state index contributed by atoms with van der Waals surface area (Å²) in [6.45, 7) is 3.79. The molecule has 1 aromatic rings. The number of hydrogen-bond acceptors (Lipinski definition) is 5. The highest BCUT2D eigenvalue weighted by Gasteiger charge is 2.23. The van der Waals surface area contributed by atoms with Crippen molar-refractivity contribution < 1.29 is 9.26 Å². The van der Waals surface area contributed by atoms with Gasteiger partial charge in [-0.05, 0) is 31.7 Å². The van der Waals surface area contributed by atoms with Crippen molar-refractivity contribution in [3.63, 3.8) is 0 Å². The topological polar surface area (TPSA) is 60.2 Å². The lowest BCUT2D eigenvalue weighted by Gasteiger charge is -2.18. The summed E-state index contributed by atoms with van der Waals surface area (Å²) in [4.78, 5) is 4.52. The zero-order valence-electron chi connectivity index (χ0n) is 10.0. The Morgan fingerprint density at radius 2 is 2.35 bits per heavy atom. The fourth-order valence-electron chi connectivity index (χ4n) is 2.58. The molecule has 3 heterocycles. The summed E-state index contributed by atoms with van der Waals surface area (Å²) >= 11 is 0. The van der Waals surface area contributed by atoms with Gasteiger partial charge in [-0.25, -0.2) is 0 Å². The molecule has 2 aliphatic rings. The van der Waals surface area contributed by atoms with Gasteiger partial charge < -0.3 is 14.6 Å². The van der Waals surface area contributed by atoms with Crippen molar-refractivity contribution in [2.45, 2.75) is 31.6 Å². The number of nitrogens with one attached hydrogen (secondary N) is 1. The van der Waals surface area contributed by atoms with Crippen molar-refractivity contribution in [3.05, 3.63) is 11.7 Å². The summed E-state index contributed by atoms with van der Waals surface area (Å²) in [6, 6.07) is 0. The third kappa shape index (κ3) is 2.66. The van der Waals surface area contributed by atoms with E-state index in [4.69, 9.17) is 9.26 Å². The molecule has 1 N–H and O–H groups in total. The maximum Gasteiger partial charge on any atom is 0.231 e. The van der Waals surface area contributed by atoms with Crippen molar-refractivity contribution in [2.24, 2.45) is 5.92 Å². The molecule has 0 aromatic carbocycles. The number of aromatic nitrogens is 2. The standard InChI is InChI=1S/C12H19N3O2/c1-2-10(7-13-4-1)12-14-11(15-17-12)6-9-3-5-16-8-9/h9-10,13H,1-8H2/t9?,10-/m0/s1. The third-order valence-corrected chi connectivity index (χ3v) is 3.63. The van der Waals surface area contributed by atoms with Crippen LogP contribution in [0.3, 0.4) is 0 Å². The fraction of sp³-hybridized carbons (Fsp3) is 0.833. The molecule has 2 saturated heterocycles. The van der Waals surface area contributed by atoms with Crippen LogP contribution in [0.15, 0.2) is 4.52 Å². The van der Waals surface area contributed by atoms with Gasteiger partial charge in [-0.3, -0.25) is 0 Å². The second-order valence-corrected chi connectivity index (χ2v) is 5.03. The number of nitrogens with zero attached hydrogens (tertiary/aromatic N) is 2. The predicted molar refractivity (Wildman–Crippen MR) is 61.8 cm³/mol. The van der Waals surface area contributed by atoms with Crippen molar-refractivity contribution in [2.75, 3.05) is 26.3 Å². The summed E-state index contributed by atoms with van der Waals surface area (Å²) in [6.07, 6.45) is 4.36. The van der Waals surface area contributed by atoms with E-state index >= 15 is 0 Å². The largest absolute Gasteiger partial charge is 0.381 e. The molecule has 0 saturated carbocycles. The molecule has 0 bridgehead atoms.